The van der Waals surface area contributed by atoms with Crippen molar-refractivity contribution >= 4 is 39.3 Å². The number of rotatable bonds is 4. The quantitative estimate of drug-likeness (QED) is 0.441. The van der Waals surface area contributed by atoms with E-state index in [0.29, 0.717) is 11.1 Å². The zero-order chi connectivity index (χ0) is 19.7. The third kappa shape index (κ3) is 3.64. The fourth-order valence-corrected chi connectivity index (χ4v) is 3.31. The molecule has 3 rings (SSSR count). The van der Waals surface area contributed by atoms with Crippen LogP contribution in [0.3, 0.4) is 0 Å². The molecule has 1 heterocycles. The number of likely N-dealkylation sites (tertiary alicyclic amines) is 1. The number of carboxylic acid groups (broad SMARTS) is 1. The molecule has 0 spiro atoms. The number of amides is 1. The summed E-state index contributed by atoms with van der Waals surface area (Å²) < 4.78 is 0.792. The number of aryl methyl sites for hydroxylation is 1. The van der Waals surface area contributed by atoms with E-state index < -0.39 is 30.2 Å². The van der Waals surface area contributed by atoms with Gasteiger partial charge in [-0.15, -0.1) is 0 Å². The smallest absolute Gasteiger partial charge is 0.323 e. The number of nitrogens with zero attached hydrogens (tertiary/aromatic N) is 1. The van der Waals surface area contributed by atoms with Crippen LogP contribution in [0.2, 0.25) is 0 Å². The summed E-state index contributed by atoms with van der Waals surface area (Å²) >= 11 is 3.32. The Bertz CT molecular complexity index is 947. The molecular weight excluding hydrogens is 414 g/mol. The highest BCUT2D eigenvalue weighted by Crippen LogP contribution is 2.39. The molecule has 0 aromatic heterocycles. The predicted molar refractivity (Wildman–Crippen MR) is 102 cm³/mol. The molecule has 1 atom stereocenters. The number of carbonyl (C=O) groups excluding carboxylic acids is 2. The fourth-order valence-electron chi connectivity index (χ4n) is 3.05. The lowest BCUT2D eigenvalue weighted by molar-refractivity contribution is -0.146. The van der Waals surface area contributed by atoms with Crippen LogP contribution in [0, 0.1) is 6.92 Å². The van der Waals surface area contributed by atoms with Gasteiger partial charge in [0.25, 0.3) is 11.7 Å². The molecule has 138 valence electrons. The number of benzene rings is 2. The Labute approximate surface area is 163 Å². The molecule has 1 fully saturated rings. The minimum absolute atomic E-state index is 0.118. The fraction of sp³-hybridized carbons (Fsp3) is 0.150. The first-order valence-corrected chi connectivity index (χ1v) is 8.91. The van der Waals surface area contributed by atoms with Crippen LogP contribution in [0.25, 0.3) is 5.76 Å². The number of aliphatic hydroxyl groups excluding tert-OH is 1. The average molecular weight is 430 g/mol. The van der Waals surface area contributed by atoms with E-state index in [2.05, 4.69) is 15.9 Å². The molecule has 0 aliphatic carbocycles. The second-order valence-corrected chi connectivity index (χ2v) is 7.15. The van der Waals surface area contributed by atoms with E-state index >= 15 is 0 Å². The van der Waals surface area contributed by atoms with Crippen molar-refractivity contribution in [2.24, 2.45) is 0 Å². The lowest BCUT2D eigenvalue weighted by Gasteiger charge is -2.23. The van der Waals surface area contributed by atoms with Crippen LogP contribution in [0.1, 0.15) is 22.7 Å². The minimum atomic E-state index is -1.24. The second-order valence-electron chi connectivity index (χ2n) is 6.24. The van der Waals surface area contributed by atoms with Crippen molar-refractivity contribution < 1.29 is 24.6 Å². The minimum Gasteiger partial charge on any atom is -0.507 e. The molecule has 2 N–H and O–H groups in total. The van der Waals surface area contributed by atoms with Crippen molar-refractivity contribution in [1.29, 1.82) is 0 Å². The van der Waals surface area contributed by atoms with Gasteiger partial charge in [0, 0.05) is 10.0 Å². The predicted octanol–water partition coefficient (Wildman–Crippen LogP) is 3.26. The molecule has 1 aliphatic heterocycles. The summed E-state index contributed by atoms with van der Waals surface area (Å²) in [5.74, 6) is -3.41. The van der Waals surface area contributed by atoms with Crippen LogP contribution in [0.15, 0.2) is 58.6 Å². The van der Waals surface area contributed by atoms with E-state index in [1.165, 1.54) is 0 Å². The van der Waals surface area contributed by atoms with Crippen LogP contribution in [-0.4, -0.2) is 39.3 Å². The molecule has 0 bridgehead atoms. The summed E-state index contributed by atoms with van der Waals surface area (Å²) in [6.07, 6.45) is 0. The van der Waals surface area contributed by atoms with Crippen molar-refractivity contribution in [2.45, 2.75) is 13.0 Å². The van der Waals surface area contributed by atoms with E-state index in [1.54, 1.807) is 48.5 Å². The SMILES string of the molecule is Cc1ccc(C(O)=C2C(=O)C(=O)N(CC(=O)O)C2c2ccc(Br)cc2)cc1. The summed E-state index contributed by atoms with van der Waals surface area (Å²) in [5, 5.41) is 19.9. The molecule has 2 aromatic rings. The van der Waals surface area contributed by atoms with Gasteiger partial charge in [-0.25, -0.2) is 0 Å². The first-order valence-electron chi connectivity index (χ1n) is 8.12. The molecule has 1 aliphatic rings. The maximum absolute atomic E-state index is 12.6. The summed E-state index contributed by atoms with van der Waals surface area (Å²) in [7, 11) is 0. The summed E-state index contributed by atoms with van der Waals surface area (Å²) in [6, 6.07) is 12.7. The monoisotopic (exact) mass is 429 g/mol. The summed E-state index contributed by atoms with van der Waals surface area (Å²) in [6.45, 7) is 1.24. The highest BCUT2D eigenvalue weighted by atomic mass is 79.9. The van der Waals surface area contributed by atoms with Crippen molar-refractivity contribution in [3.8, 4) is 0 Å². The highest BCUT2D eigenvalue weighted by molar-refractivity contribution is 9.10. The number of aliphatic hydroxyl groups is 1. The molecule has 0 saturated carbocycles. The van der Waals surface area contributed by atoms with Gasteiger partial charge in [-0.05, 0) is 24.6 Å². The third-order valence-corrected chi connectivity index (χ3v) is 4.88. The van der Waals surface area contributed by atoms with E-state index in [-0.39, 0.29) is 11.3 Å². The van der Waals surface area contributed by atoms with Crippen molar-refractivity contribution in [2.75, 3.05) is 6.54 Å². The molecule has 1 amide bonds. The lowest BCUT2D eigenvalue weighted by Crippen LogP contribution is -2.34. The van der Waals surface area contributed by atoms with Gasteiger partial charge in [0.1, 0.15) is 12.3 Å². The molecule has 27 heavy (non-hydrogen) atoms. The Balaban J connectivity index is 2.19. The Morgan fingerprint density at radius 2 is 1.63 bits per heavy atom. The number of hydrogen-bond donors (Lipinski definition) is 2. The Morgan fingerprint density at radius 3 is 2.19 bits per heavy atom. The topological polar surface area (TPSA) is 94.9 Å². The van der Waals surface area contributed by atoms with Gasteiger partial charge in [-0.2, -0.15) is 0 Å². The maximum atomic E-state index is 12.6. The van der Waals surface area contributed by atoms with Crippen LogP contribution >= 0.6 is 15.9 Å². The molecule has 0 radical (unpaired) electrons. The number of carbonyl (C=O) groups is 3. The van der Waals surface area contributed by atoms with E-state index in [9.17, 15) is 19.5 Å². The summed E-state index contributed by atoms with van der Waals surface area (Å²) in [5.41, 5.74) is 1.78. The largest absolute Gasteiger partial charge is 0.507 e. The molecule has 1 saturated heterocycles. The van der Waals surface area contributed by atoms with Crippen LogP contribution in [-0.2, 0) is 14.4 Å². The van der Waals surface area contributed by atoms with Crippen molar-refractivity contribution in [3.63, 3.8) is 0 Å². The number of halogens is 1. The van der Waals surface area contributed by atoms with Gasteiger partial charge >= 0.3 is 5.97 Å². The first kappa shape index (κ1) is 18.8. The second kappa shape index (κ2) is 7.36. The highest BCUT2D eigenvalue weighted by Gasteiger charge is 2.46. The van der Waals surface area contributed by atoms with Crippen LogP contribution in [0.5, 0.6) is 0 Å². The average Bonchev–Trinajstić information content (AvgIpc) is 2.87. The van der Waals surface area contributed by atoms with Gasteiger partial charge in [0.15, 0.2) is 0 Å². The number of ketones is 1. The molecule has 6 nitrogen and oxygen atoms in total. The molecule has 1 unspecified atom stereocenters. The first-order chi connectivity index (χ1) is 12.8. The van der Waals surface area contributed by atoms with Gasteiger partial charge in [0.2, 0.25) is 0 Å². The molecular formula is C20H16BrNO5. The number of hydrogen-bond acceptors (Lipinski definition) is 4. The zero-order valence-electron chi connectivity index (χ0n) is 14.3. The van der Waals surface area contributed by atoms with Gasteiger partial charge in [0.05, 0.1) is 11.6 Å². The maximum Gasteiger partial charge on any atom is 0.323 e. The lowest BCUT2D eigenvalue weighted by atomic mass is 9.95. The summed E-state index contributed by atoms with van der Waals surface area (Å²) in [4.78, 5) is 37.3. The van der Waals surface area contributed by atoms with E-state index in [4.69, 9.17) is 5.11 Å². The van der Waals surface area contributed by atoms with E-state index in [0.717, 1.165) is 14.9 Å². The van der Waals surface area contributed by atoms with Gasteiger partial charge in [-0.1, -0.05) is 57.9 Å². The zero-order valence-corrected chi connectivity index (χ0v) is 15.9. The molecule has 7 heteroatoms. The number of Topliss-reactive ketones (excluding diaryl/α,β-unsaturated/α-hetero) is 1. The van der Waals surface area contributed by atoms with Crippen molar-refractivity contribution in [3.05, 3.63) is 75.3 Å². The molecule has 2 aromatic carbocycles. The number of aliphatic carboxylic acids is 1. The van der Waals surface area contributed by atoms with Crippen molar-refractivity contribution in [1.82, 2.24) is 4.90 Å². The Kier molecular flexibility index (Phi) is 5.14. The third-order valence-electron chi connectivity index (χ3n) is 4.36. The van der Waals surface area contributed by atoms with Crippen LogP contribution in [0.4, 0.5) is 0 Å². The van der Waals surface area contributed by atoms with Gasteiger partial charge < -0.3 is 15.1 Å². The van der Waals surface area contributed by atoms with Gasteiger partial charge in [-0.3, -0.25) is 14.4 Å². The van der Waals surface area contributed by atoms with Crippen LogP contribution < -0.4 is 0 Å². The standard InChI is InChI=1S/C20H16BrNO5/c1-11-2-4-13(5-3-11)18(25)16-17(12-6-8-14(21)9-7-12)22(10-15(23)24)20(27)19(16)26/h2-9,17,25H,10H2,1H3,(H,23,24). The normalized spacial score (nSPS) is 18.7. The number of carboxylic acids is 1. The van der Waals surface area contributed by atoms with E-state index in [1.807, 2.05) is 6.92 Å². The Morgan fingerprint density at radius 1 is 1.04 bits per heavy atom. The Hall–Kier alpha value is -2.93.